The van der Waals surface area contributed by atoms with Gasteiger partial charge in [-0.25, -0.2) is 9.67 Å². The summed E-state index contributed by atoms with van der Waals surface area (Å²) in [6, 6.07) is 19.1. The van der Waals surface area contributed by atoms with Gasteiger partial charge in [-0.05, 0) is 24.6 Å². The van der Waals surface area contributed by atoms with Crippen LogP contribution >= 0.6 is 11.8 Å². The number of benzene rings is 2. The van der Waals surface area contributed by atoms with Gasteiger partial charge < -0.3 is 10.3 Å². The molecule has 0 aliphatic carbocycles. The number of hydrogen-bond donors (Lipinski definition) is 2. The van der Waals surface area contributed by atoms with Gasteiger partial charge in [-0.3, -0.25) is 9.59 Å². The monoisotopic (exact) mass is 405 g/mol. The Bertz CT molecular complexity index is 1190. The van der Waals surface area contributed by atoms with Gasteiger partial charge in [0.2, 0.25) is 5.91 Å². The zero-order chi connectivity index (χ0) is 20.2. The van der Waals surface area contributed by atoms with Crippen molar-refractivity contribution in [2.75, 3.05) is 5.75 Å². The van der Waals surface area contributed by atoms with Crippen LogP contribution in [-0.4, -0.2) is 31.4 Å². The molecule has 0 bridgehead atoms. The number of nitrogens with one attached hydrogen (secondary N) is 2. The molecule has 8 heteroatoms. The summed E-state index contributed by atoms with van der Waals surface area (Å²) < 4.78 is 1.62. The number of hydrogen-bond acceptors (Lipinski definition) is 5. The summed E-state index contributed by atoms with van der Waals surface area (Å²) in [6.45, 7) is 1.93. The summed E-state index contributed by atoms with van der Waals surface area (Å²) in [5.41, 5.74) is 2.02. The Balaban J connectivity index is 1.50. The van der Waals surface area contributed by atoms with E-state index in [-0.39, 0.29) is 23.3 Å². The van der Waals surface area contributed by atoms with E-state index in [4.69, 9.17) is 0 Å². The molecular weight excluding hydrogens is 386 g/mol. The molecule has 1 amide bonds. The lowest BCUT2D eigenvalue weighted by Gasteiger charge is -2.13. The number of amides is 1. The minimum absolute atomic E-state index is 0.0988. The highest BCUT2D eigenvalue weighted by molar-refractivity contribution is 7.99. The van der Waals surface area contributed by atoms with Gasteiger partial charge >= 0.3 is 0 Å². The lowest BCUT2D eigenvalue weighted by molar-refractivity contribution is -0.119. The maximum Gasteiger partial charge on any atom is 0.262 e. The number of aromatic nitrogens is 4. The van der Waals surface area contributed by atoms with Crippen LogP contribution in [0.4, 0.5) is 0 Å². The van der Waals surface area contributed by atoms with Crippen molar-refractivity contribution in [3.63, 3.8) is 0 Å². The number of carbonyl (C=O) groups excluding carboxylic acids is 1. The van der Waals surface area contributed by atoms with Crippen molar-refractivity contribution in [1.82, 2.24) is 25.1 Å². The molecule has 0 saturated carbocycles. The molecule has 7 nitrogen and oxygen atoms in total. The second-order valence-electron chi connectivity index (χ2n) is 6.49. The van der Waals surface area contributed by atoms with Crippen molar-refractivity contribution in [2.45, 2.75) is 18.1 Å². The summed E-state index contributed by atoms with van der Waals surface area (Å²) in [7, 11) is 0. The predicted molar refractivity (Wildman–Crippen MR) is 113 cm³/mol. The maximum absolute atomic E-state index is 12.4. The van der Waals surface area contributed by atoms with Crippen LogP contribution in [0.3, 0.4) is 0 Å². The molecule has 0 aliphatic heterocycles. The van der Waals surface area contributed by atoms with Crippen molar-refractivity contribution in [3.05, 3.63) is 82.8 Å². The van der Waals surface area contributed by atoms with E-state index in [9.17, 15) is 9.59 Å². The fourth-order valence-electron chi connectivity index (χ4n) is 2.97. The van der Waals surface area contributed by atoms with Gasteiger partial charge in [0.05, 0.1) is 23.7 Å². The summed E-state index contributed by atoms with van der Waals surface area (Å²) >= 11 is 1.18. The van der Waals surface area contributed by atoms with Gasteiger partial charge in [-0.2, -0.15) is 5.10 Å². The highest BCUT2D eigenvalue weighted by Gasteiger charge is 2.14. The molecule has 29 heavy (non-hydrogen) atoms. The van der Waals surface area contributed by atoms with Crippen molar-refractivity contribution >= 4 is 28.7 Å². The molecule has 0 saturated heterocycles. The first-order chi connectivity index (χ1) is 14.1. The molecule has 2 N–H and O–H groups in total. The number of carbonyl (C=O) groups is 1. The lowest BCUT2D eigenvalue weighted by Crippen LogP contribution is -2.28. The third kappa shape index (κ3) is 4.22. The SMILES string of the molecule is C[C@@H](NC(=O)CSc1nc2c(cnn2-c2ccccc2)c(=O)[nH]1)c1ccccc1. The van der Waals surface area contributed by atoms with E-state index < -0.39 is 0 Å². The molecule has 0 fully saturated rings. The maximum atomic E-state index is 12.4. The summed E-state index contributed by atoms with van der Waals surface area (Å²) in [5, 5.41) is 8.02. The van der Waals surface area contributed by atoms with Crippen molar-refractivity contribution in [3.8, 4) is 5.69 Å². The van der Waals surface area contributed by atoms with Crippen LogP contribution < -0.4 is 10.9 Å². The number of H-pyrrole nitrogens is 1. The second kappa shape index (κ2) is 8.32. The Morgan fingerprint density at radius 1 is 1.14 bits per heavy atom. The van der Waals surface area contributed by atoms with E-state index in [0.717, 1.165) is 11.3 Å². The van der Waals surface area contributed by atoms with E-state index >= 15 is 0 Å². The molecule has 0 spiro atoms. The minimum Gasteiger partial charge on any atom is -0.349 e. The fraction of sp³-hybridized carbons (Fsp3) is 0.143. The molecule has 0 aliphatic rings. The van der Waals surface area contributed by atoms with Crippen LogP contribution in [0.1, 0.15) is 18.5 Å². The van der Waals surface area contributed by atoms with E-state index in [0.29, 0.717) is 16.2 Å². The lowest BCUT2D eigenvalue weighted by atomic mass is 10.1. The van der Waals surface area contributed by atoms with Crippen LogP contribution in [0, 0.1) is 0 Å². The molecule has 0 radical (unpaired) electrons. The van der Waals surface area contributed by atoms with E-state index in [1.54, 1.807) is 4.68 Å². The van der Waals surface area contributed by atoms with Gasteiger partial charge in [0.25, 0.3) is 5.56 Å². The summed E-state index contributed by atoms with van der Waals surface area (Å²) in [6.07, 6.45) is 1.50. The van der Waals surface area contributed by atoms with Crippen molar-refractivity contribution in [2.24, 2.45) is 0 Å². The van der Waals surface area contributed by atoms with Gasteiger partial charge in [0.1, 0.15) is 5.39 Å². The van der Waals surface area contributed by atoms with Crippen LogP contribution in [0.15, 0.2) is 76.8 Å². The number of fused-ring (bicyclic) bond motifs is 1. The number of thioether (sulfide) groups is 1. The number of nitrogens with zero attached hydrogens (tertiary/aromatic N) is 3. The Morgan fingerprint density at radius 3 is 2.55 bits per heavy atom. The largest absolute Gasteiger partial charge is 0.349 e. The molecule has 4 rings (SSSR count). The molecule has 146 valence electrons. The van der Waals surface area contributed by atoms with Crippen LogP contribution in [0.5, 0.6) is 0 Å². The Labute approximate surface area is 171 Å². The molecule has 2 aromatic carbocycles. The smallest absolute Gasteiger partial charge is 0.262 e. The summed E-state index contributed by atoms with van der Waals surface area (Å²) in [5.74, 6) is 0.0103. The molecule has 2 heterocycles. The van der Waals surface area contributed by atoms with Crippen molar-refractivity contribution in [1.29, 1.82) is 0 Å². The molecule has 2 aromatic heterocycles. The third-order valence-electron chi connectivity index (χ3n) is 4.43. The van der Waals surface area contributed by atoms with Crippen molar-refractivity contribution < 1.29 is 4.79 Å². The summed E-state index contributed by atoms with van der Waals surface area (Å²) in [4.78, 5) is 31.9. The van der Waals surface area contributed by atoms with E-state index in [2.05, 4.69) is 20.4 Å². The zero-order valence-corrected chi connectivity index (χ0v) is 16.5. The molecule has 0 unspecified atom stereocenters. The van der Waals surface area contributed by atoms with Crippen LogP contribution in [0.25, 0.3) is 16.7 Å². The first kappa shape index (κ1) is 18.9. The molecule has 4 aromatic rings. The number of rotatable bonds is 6. The molecule has 1 atom stereocenters. The van der Waals surface area contributed by atoms with Gasteiger partial charge in [-0.1, -0.05) is 60.3 Å². The highest BCUT2D eigenvalue weighted by atomic mass is 32.2. The fourth-order valence-corrected chi connectivity index (χ4v) is 3.63. The average Bonchev–Trinajstić information content (AvgIpc) is 3.18. The quantitative estimate of drug-likeness (QED) is 0.380. The van der Waals surface area contributed by atoms with E-state index in [1.807, 2.05) is 67.6 Å². The normalized spacial score (nSPS) is 12.0. The molecular formula is C21H19N5O2S. The number of aromatic amines is 1. The van der Waals surface area contributed by atoms with E-state index in [1.165, 1.54) is 18.0 Å². The zero-order valence-electron chi connectivity index (χ0n) is 15.7. The van der Waals surface area contributed by atoms with Crippen LogP contribution in [-0.2, 0) is 4.79 Å². The number of para-hydroxylation sites is 1. The Morgan fingerprint density at radius 2 is 1.83 bits per heavy atom. The Hall–Kier alpha value is -3.39. The van der Waals surface area contributed by atoms with Crippen LogP contribution in [0.2, 0.25) is 0 Å². The first-order valence-electron chi connectivity index (χ1n) is 9.12. The first-order valence-corrected chi connectivity index (χ1v) is 10.1. The average molecular weight is 405 g/mol. The highest BCUT2D eigenvalue weighted by Crippen LogP contribution is 2.18. The van der Waals surface area contributed by atoms with Gasteiger partial charge in [0, 0.05) is 0 Å². The minimum atomic E-state index is -0.280. The predicted octanol–water partition coefficient (Wildman–Crippen LogP) is 3.08. The van der Waals surface area contributed by atoms with Gasteiger partial charge in [-0.15, -0.1) is 0 Å². The second-order valence-corrected chi connectivity index (χ2v) is 7.45. The Kier molecular flexibility index (Phi) is 5.44. The van der Waals surface area contributed by atoms with Gasteiger partial charge in [0.15, 0.2) is 10.8 Å². The third-order valence-corrected chi connectivity index (χ3v) is 5.31. The standard InChI is InChI=1S/C21H19N5O2S/c1-14(15-8-4-2-5-9-15)23-18(27)13-29-21-24-19-17(20(28)25-21)12-22-26(19)16-10-6-3-7-11-16/h2-12,14H,13H2,1H3,(H,23,27)(H,24,25,28)/t14-/m1/s1. The topological polar surface area (TPSA) is 92.7 Å².